The fourth-order valence-corrected chi connectivity index (χ4v) is 2.61. The highest BCUT2D eigenvalue weighted by Gasteiger charge is 2.10. The third-order valence-electron chi connectivity index (χ3n) is 3.48. The topological polar surface area (TPSA) is 35.2 Å². The fourth-order valence-electron chi connectivity index (χ4n) is 2.23. The maximum Gasteiger partial charge on any atom is 0.124 e. The summed E-state index contributed by atoms with van der Waals surface area (Å²) in [6.45, 7) is 6.76. The van der Waals surface area contributed by atoms with Gasteiger partial charge in [-0.05, 0) is 55.7 Å². The van der Waals surface area contributed by atoms with E-state index in [1.54, 1.807) is 0 Å². The van der Waals surface area contributed by atoms with E-state index < -0.39 is 0 Å². The minimum absolute atomic E-state index is 0.0551. The Morgan fingerprint density at radius 2 is 1.80 bits per heavy atom. The standard InChI is InChI=1S/C17H20BrNO/c1-11-5-4-6-12(2)16(11)10-20-17-8-7-14(18)9-15(17)13(3)19/h4-9,13H,10,19H2,1-3H3/t13-/m1/s1. The van der Waals surface area contributed by atoms with Crippen LogP contribution in [0.2, 0.25) is 0 Å². The van der Waals surface area contributed by atoms with Gasteiger partial charge in [-0.2, -0.15) is 0 Å². The van der Waals surface area contributed by atoms with Crippen LogP contribution in [0.3, 0.4) is 0 Å². The van der Waals surface area contributed by atoms with Crippen LogP contribution in [0.25, 0.3) is 0 Å². The van der Waals surface area contributed by atoms with Crippen LogP contribution >= 0.6 is 15.9 Å². The van der Waals surface area contributed by atoms with E-state index in [1.807, 2.05) is 25.1 Å². The van der Waals surface area contributed by atoms with Crippen molar-refractivity contribution in [3.05, 3.63) is 63.1 Å². The number of hydrogen-bond donors (Lipinski definition) is 1. The molecule has 0 aliphatic rings. The summed E-state index contributed by atoms with van der Waals surface area (Å²) in [6.07, 6.45) is 0. The molecule has 2 aromatic carbocycles. The molecular weight excluding hydrogens is 314 g/mol. The van der Waals surface area contributed by atoms with E-state index in [0.717, 1.165) is 15.8 Å². The molecule has 0 radical (unpaired) electrons. The molecule has 1 atom stereocenters. The lowest BCUT2D eigenvalue weighted by molar-refractivity contribution is 0.300. The van der Waals surface area contributed by atoms with Crippen molar-refractivity contribution in [1.29, 1.82) is 0 Å². The summed E-state index contributed by atoms with van der Waals surface area (Å²) < 4.78 is 7.02. The fraction of sp³-hybridized carbons (Fsp3) is 0.294. The van der Waals surface area contributed by atoms with Crippen LogP contribution in [0.4, 0.5) is 0 Å². The summed E-state index contributed by atoms with van der Waals surface area (Å²) in [5.41, 5.74) is 10.8. The molecule has 2 N–H and O–H groups in total. The first-order chi connectivity index (χ1) is 9.49. The Bertz CT molecular complexity index is 588. The zero-order valence-corrected chi connectivity index (χ0v) is 13.7. The van der Waals surface area contributed by atoms with Gasteiger partial charge in [0.1, 0.15) is 12.4 Å². The molecule has 2 rings (SSSR count). The van der Waals surface area contributed by atoms with E-state index in [2.05, 4.69) is 48.0 Å². The van der Waals surface area contributed by atoms with Crippen molar-refractivity contribution >= 4 is 15.9 Å². The summed E-state index contributed by atoms with van der Waals surface area (Å²) in [7, 11) is 0. The molecule has 3 heteroatoms. The van der Waals surface area contributed by atoms with E-state index in [4.69, 9.17) is 10.5 Å². The highest BCUT2D eigenvalue weighted by Crippen LogP contribution is 2.28. The summed E-state index contributed by atoms with van der Waals surface area (Å²) in [4.78, 5) is 0. The Morgan fingerprint density at radius 1 is 1.15 bits per heavy atom. The van der Waals surface area contributed by atoms with Gasteiger partial charge in [0, 0.05) is 16.1 Å². The van der Waals surface area contributed by atoms with Crippen molar-refractivity contribution in [1.82, 2.24) is 0 Å². The van der Waals surface area contributed by atoms with Gasteiger partial charge in [0.25, 0.3) is 0 Å². The van der Waals surface area contributed by atoms with Crippen molar-refractivity contribution < 1.29 is 4.74 Å². The molecule has 0 amide bonds. The Labute approximate surface area is 129 Å². The average Bonchev–Trinajstić information content (AvgIpc) is 2.39. The second-order valence-electron chi connectivity index (χ2n) is 5.13. The first-order valence-electron chi connectivity index (χ1n) is 6.72. The lowest BCUT2D eigenvalue weighted by Crippen LogP contribution is -2.09. The van der Waals surface area contributed by atoms with E-state index in [9.17, 15) is 0 Å². The van der Waals surface area contributed by atoms with Gasteiger partial charge in [-0.3, -0.25) is 0 Å². The molecule has 0 spiro atoms. The summed E-state index contributed by atoms with van der Waals surface area (Å²) in [6, 6.07) is 12.2. The van der Waals surface area contributed by atoms with Crippen LogP contribution in [0.1, 0.15) is 35.2 Å². The molecule has 0 saturated carbocycles. The van der Waals surface area contributed by atoms with Crippen molar-refractivity contribution in [3.8, 4) is 5.75 Å². The Kier molecular flexibility index (Phi) is 4.84. The lowest BCUT2D eigenvalue weighted by atomic mass is 10.0. The second kappa shape index (κ2) is 6.42. The number of benzene rings is 2. The van der Waals surface area contributed by atoms with Gasteiger partial charge in [-0.25, -0.2) is 0 Å². The quantitative estimate of drug-likeness (QED) is 0.882. The van der Waals surface area contributed by atoms with Crippen LogP contribution in [0.15, 0.2) is 40.9 Å². The molecule has 0 heterocycles. The molecule has 20 heavy (non-hydrogen) atoms. The van der Waals surface area contributed by atoms with Crippen molar-refractivity contribution in [2.24, 2.45) is 5.73 Å². The smallest absolute Gasteiger partial charge is 0.124 e. The molecule has 0 unspecified atom stereocenters. The van der Waals surface area contributed by atoms with Crippen LogP contribution in [-0.2, 0) is 6.61 Å². The number of halogens is 1. The SMILES string of the molecule is Cc1cccc(C)c1COc1ccc(Br)cc1[C@@H](C)N. The van der Waals surface area contributed by atoms with Gasteiger partial charge in [0.05, 0.1) is 0 Å². The molecule has 2 nitrogen and oxygen atoms in total. The average molecular weight is 334 g/mol. The van der Waals surface area contributed by atoms with Gasteiger partial charge in [0.15, 0.2) is 0 Å². The van der Waals surface area contributed by atoms with Gasteiger partial charge in [-0.15, -0.1) is 0 Å². The molecule has 0 aliphatic heterocycles. The zero-order valence-electron chi connectivity index (χ0n) is 12.1. The molecule has 0 fully saturated rings. The number of hydrogen-bond acceptors (Lipinski definition) is 2. The maximum absolute atomic E-state index is 6.01. The number of rotatable bonds is 4. The first kappa shape index (κ1) is 15.1. The first-order valence-corrected chi connectivity index (χ1v) is 7.51. The van der Waals surface area contributed by atoms with Crippen molar-refractivity contribution in [2.45, 2.75) is 33.4 Å². The monoisotopic (exact) mass is 333 g/mol. The molecule has 0 aromatic heterocycles. The number of aryl methyl sites for hydroxylation is 2. The van der Waals surface area contributed by atoms with E-state index in [0.29, 0.717) is 6.61 Å². The molecule has 2 aromatic rings. The van der Waals surface area contributed by atoms with Crippen LogP contribution in [0, 0.1) is 13.8 Å². The third kappa shape index (κ3) is 3.41. The third-order valence-corrected chi connectivity index (χ3v) is 3.97. The Morgan fingerprint density at radius 3 is 2.40 bits per heavy atom. The predicted molar refractivity (Wildman–Crippen MR) is 87.0 cm³/mol. The zero-order chi connectivity index (χ0) is 14.7. The van der Waals surface area contributed by atoms with E-state index in [-0.39, 0.29) is 6.04 Å². The molecule has 0 aliphatic carbocycles. The highest BCUT2D eigenvalue weighted by atomic mass is 79.9. The molecular formula is C17H20BrNO. The van der Waals surface area contributed by atoms with E-state index in [1.165, 1.54) is 16.7 Å². The van der Waals surface area contributed by atoms with Crippen LogP contribution in [0.5, 0.6) is 5.75 Å². The van der Waals surface area contributed by atoms with Crippen molar-refractivity contribution in [2.75, 3.05) is 0 Å². The predicted octanol–water partition coefficient (Wildman–Crippen LogP) is 4.66. The van der Waals surface area contributed by atoms with Gasteiger partial charge in [-0.1, -0.05) is 34.1 Å². The molecule has 0 saturated heterocycles. The van der Waals surface area contributed by atoms with Gasteiger partial charge < -0.3 is 10.5 Å². The van der Waals surface area contributed by atoms with Crippen molar-refractivity contribution in [3.63, 3.8) is 0 Å². The Balaban J connectivity index is 2.23. The molecule has 0 bridgehead atoms. The van der Waals surface area contributed by atoms with Gasteiger partial charge in [0.2, 0.25) is 0 Å². The highest BCUT2D eigenvalue weighted by molar-refractivity contribution is 9.10. The number of ether oxygens (including phenoxy) is 1. The number of nitrogens with two attached hydrogens (primary N) is 1. The summed E-state index contributed by atoms with van der Waals surface area (Å²) in [5, 5.41) is 0. The Hall–Kier alpha value is -1.32. The summed E-state index contributed by atoms with van der Waals surface area (Å²) >= 11 is 3.47. The lowest BCUT2D eigenvalue weighted by Gasteiger charge is -2.16. The molecule has 106 valence electrons. The van der Waals surface area contributed by atoms with Crippen LogP contribution < -0.4 is 10.5 Å². The minimum atomic E-state index is -0.0551. The normalized spacial score (nSPS) is 12.2. The maximum atomic E-state index is 6.01. The minimum Gasteiger partial charge on any atom is -0.489 e. The largest absolute Gasteiger partial charge is 0.489 e. The second-order valence-corrected chi connectivity index (χ2v) is 6.05. The van der Waals surface area contributed by atoms with Crippen LogP contribution in [-0.4, -0.2) is 0 Å². The van der Waals surface area contributed by atoms with Gasteiger partial charge >= 0.3 is 0 Å². The summed E-state index contributed by atoms with van der Waals surface area (Å²) in [5.74, 6) is 0.853. The van der Waals surface area contributed by atoms with E-state index >= 15 is 0 Å².